The second-order valence-electron chi connectivity index (χ2n) is 4.84. The predicted octanol–water partition coefficient (Wildman–Crippen LogP) is 3.45. The van der Waals surface area contributed by atoms with Crippen LogP contribution in [0.5, 0.6) is 0 Å². The van der Waals surface area contributed by atoms with Gasteiger partial charge in [-0.1, -0.05) is 38.5 Å². The van der Waals surface area contributed by atoms with Crippen molar-refractivity contribution in [1.82, 2.24) is 0 Å². The molecular weight excluding hydrogens is 196 g/mol. The van der Waals surface area contributed by atoms with E-state index in [0.717, 1.165) is 11.8 Å². The molecule has 2 rings (SSSR count). The van der Waals surface area contributed by atoms with E-state index in [-0.39, 0.29) is 6.61 Å². The molecule has 0 bridgehead atoms. The molecule has 0 aliphatic heterocycles. The number of aliphatic hydroxyl groups is 1. The summed E-state index contributed by atoms with van der Waals surface area (Å²) in [5.74, 6) is 1.87. The summed E-state index contributed by atoms with van der Waals surface area (Å²) < 4.78 is 0. The van der Waals surface area contributed by atoms with E-state index >= 15 is 0 Å². The van der Waals surface area contributed by atoms with Crippen molar-refractivity contribution in [2.75, 3.05) is 6.61 Å². The lowest BCUT2D eigenvalue weighted by Gasteiger charge is -2.17. The summed E-state index contributed by atoms with van der Waals surface area (Å²) in [7, 11) is 0. The number of benzene rings is 1. The Kier molecular flexibility index (Phi) is 3.65. The minimum absolute atomic E-state index is 0.176. The van der Waals surface area contributed by atoms with Gasteiger partial charge in [0.05, 0.1) is 6.61 Å². The number of rotatable bonds is 5. The molecule has 0 atom stereocenters. The molecule has 0 heterocycles. The molecule has 0 unspecified atom stereocenters. The summed E-state index contributed by atoms with van der Waals surface area (Å²) in [4.78, 5) is 0. The first kappa shape index (κ1) is 11.7. The van der Waals surface area contributed by atoms with Crippen LogP contribution in [-0.2, 0) is 6.42 Å². The Morgan fingerprint density at radius 1 is 1.38 bits per heavy atom. The smallest absolute Gasteiger partial charge is 0.0534 e. The van der Waals surface area contributed by atoms with Gasteiger partial charge < -0.3 is 5.11 Å². The fourth-order valence-corrected chi connectivity index (χ4v) is 2.41. The molecule has 1 aromatic rings. The Morgan fingerprint density at radius 2 is 2.12 bits per heavy atom. The van der Waals surface area contributed by atoms with E-state index < -0.39 is 0 Å². The van der Waals surface area contributed by atoms with Gasteiger partial charge >= 0.3 is 0 Å². The molecule has 1 nitrogen and oxygen atoms in total. The van der Waals surface area contributed by atoms with E-state index in [9.17, 15) is 5.11 Å². The van der Waals surface area contributed by atoms with Crippen molar-refractivity contribution in [2.24, 2.45) is 0 Å². The molecule has 0 spiro atoms. The number of aryl methyl sites for hydroxylation is 1. The molecule has 0 aromatic heterocycles. The van der Waals surface area contributed by atoms with Gasteiger partial charge in [0.2, 0.25) is 0 Å². The van der Waals surface area contributed by atoms with Crippen molar-refractivity contribution in [3.8, 4) is 0 Å². The van der Waals surface area contributed by atoms with E-state index in [1.165, 1.54) is 42.4 Å². The number of aliphatic hydroxyl groups excluding tert-OH is 1. The summed E-state index contributed by atoms with van der Waals surface area (Å²) in [5.41, 5.74) is 4.32. The SMILES string of the molecule is CCCc1cccc([C](C)CO)c1C1CC1. The van der Waals surface area contributed by atoms with Crippen LogP contribution < -0.4 is 0 Å². The summed E-state index contributed by atoms with van der Waals surface area (Å²) in [6.45, 7) is 4.44. The average molecular weight is 217 g/mol. The average Bonchev–Trinajstić information content (AvgIpc) is 3.12. The minimum Gasteiger partial charge on any atom is -0.395 e. The van der Waals surface area contributed by atoms with Crippen molar-refractivity contribution >= 4 is 0 Å². The Bertz CT molecular complexity index is 352. The quantitative estimate of drug-likeness (QED) is 0.801. The van der Waals surface area contributed by atoms with Crippen LogP contribution in [0.25, 0.3) is 0 Å². The maximum atomic E-state index is 9.30. The van der Waals surface area contributed by atoms with Gasteiger partial charge in [-0.25, -0.2) is 0 Å². The summed E-state index contributed by atoms with van der Waals surface area (Å²) >= 11 is 0. The monoisotopic (exact) mass is 217 g/mol. The Balaban J connectivity index is 2.38. The van der Waals surface area contributed by atoms with Crippen LogP contribution in [0, 0.1) is 5.92 Å². The van der Waals surface area contributed by atoms with Crippen LogP contribution in [0.4, 0.5) is 0 Å². The zero-order valence-corrected chi connectivity index (χ0v) is 10.3. The topological polar surface area (TPSA) is 20.2 Å². The Hall–Kier alpha value is -0.820. The largest absolute Gasteiger partial charge is 0.395 e. The standard InChI is InChI=1S/C15H21O/c1-3-5-12-6-4-7-14(11(2)10-16)15(12)13-8-9-13/h4,6-7,13,16H,3,5,8-10H2,1-2H3. The highest BCUT2D eigenvalue weighted by atomic mass is 16.3. The van der Waals surface area contributed by atoms with E-state index in [1.807, 2.05) is 6.92 Å². The van der Waals surface area contributed by atoms with E-state index in [2.05, 4.69) is 25.1 Å². The third kappa shape index (κ3) is 2.30. The van der Waals surface area contributed by atoms with E-state index in [0.29, 0.717) is 0 Å². The molecule has 0 saturated heterocycles. The maximum absolute atomic E-state index is 9.30. The molecule has 1 fully saturated rings. The highest BCUT2D eigenvalue weighted by Gasteiger charge is 2.29. The normalized spacial score (nSPS) is 15.8. The molecule has 1 aliphatic carbocycles. The molecule has 1 aliphatic rings. The fourth-order valence-electron chi connectivity index (χ4n) is 2.41. The fraction of sp³-hybridized carbons (Fsp3) is 0.533. The number of hydrogen-bond acceptors (Lipinski definition) is 1. The summed E-state index contributed by atoms with van der Waals surface area (Å²) in [6.07, 6.45) is 5.01. The summed E-state index contributed by atoms with van der Waals surface area (Å²) in [6, 6.07) is 6.55. The highest BCUT2D eigenvalue weighted by molar-refractivity contribution is 5.47. The first-order valence-electron chi connectivity index (χ1n) is 6.33. The minimum atomic E-state index is 0.176. The highest BCUT2D eigenvalue weighted by Crippen LogP contribution is 2.45. The first-order chi connectivity index (χ1) is 7.77. The molecule has 16 heavy (non-hydrogen) atoms. The molecule has 0 amide bonds. The molecule has 1 aromatic carbocycles. The van der Waals surface area contributed by atoms with Crippen LogP contribution in [0.15, 0.2) is 18.2 Å². The van der Waals surface area contributed by atoms with Gasteiger partial charge in [-0.3, -0.25) is 0 Å². The lowest BCUT2D eigenvalue weighted by molar-refractivity contribution is 0.314. The Morgan fingerprint density at radius 3 is 2.69 bits per heavy atom. The van der Waals surface area contributed by atoms with Gasteiger partial charge in [-0.15, -0.1) is 0 Å². The van der Waals surface area contributed by atoms with E-state index in [4.69, 9.17) is 0 Å². The van der Waals surface area contributed by atoms with Gasteiger partial charge in [0.15, 0.2) is 0 Å². The predicted molar refractivity (Wildman–Crippen MR) is 67.5 cm³/mol. The van der Waals surface area contributed by atoms with Gasteiger partial charge in [-0.05, 0) is 41.9 Å². The zero-order chi connectivity index (χ0) is 11.5. The lowest BCUT2D eigenvalue weighted by atomic mass is 9.88. The van der Waals surface area contributed by atoms with Crippen LogP contribution >= 0.6 is 0 Å². The van der Waals surface area contributed by atoms with Crippen molar-refractivity contribution in [2.45, 2.75) is 45.4 Å². The summed E-state index contributed by atoms with van der Waals surface area (Å²) in [5, 5.41) is 9.30. The Labute approximate surface area is 98.5 Å². The van der Waals surface area contributed by atoms with Gasteiger partial charge in [-0.2, -0.15) is 0 Å². The first-order valence-corrected chi connectivity index (χ1v) is 6.33. The van der Waals surface area contributed by atoms with Gasteiger partial charge in [0.25, 0.3) is 0 Å². The van der Waals surface area contributed by atoms with Crippen LogP contribution in [0.2, 0.25) is 0 Å². The third-order valence-electron chi connectivity index (χ3n) is 3.40. The molecule has 87 valence electrons. The number of hydrogen-bond donors (Lipinski definition) is 1. The maximum Gasteiger partial charge on any atom is 0.0534 e. The van der Waals surface area contributed by atoms with Crippen molar-refractivity contribution in [3.63, 3.8) is 0 Å². The van der Waals surface area contributed by atoms with Crippen molar-refractivity contribution < 1.29 is 5.11 Å². The van der Waals surface area contributed by atoms with Gasteiger partial charge in [0, 0.05) is 5.92 Å². The third-order valence-corrected chi connectivity index (χ3v) is 3.40. The van der Waals surface area contributed by atoms with E-state index in [1.54, 1.807) is 0 Å². The molecular formula is C15H21O. The molecule has 1 heteroatoms. The van der Waals surface area contributed by atoms with Crippen LogP contribution in [0.1, 0.15) is 55.7 Å². The molecule has 1 saturated carbocycles. The molecule has 1 radical (unpaired) electrons. The lowest BCUT2D eigenvalue weighted by Crippen LogP contribution is -2.06. The van der Waals surface area contributed by atoms with Crippen molar-refractivity contribution in [3.05, 3.63) is 40.8 Å². The second kappa shape index (κ2) is 5.01. The zero-order valence-electron chi connectivity index (χ0n) is 10.3. The van der Waals surface area contributed by atoms with Crippen LogP contribution in [0.3, 0.4) is 0 Å². The van der Waals surface area contributed by atoms with Crippen molar-refractivity contribution in [1.29, 1.82) is 0 Å². The second-order valence-corrected chi connectivity index (χ2v) is 4.84. The molecule has 1 N–H and O–H groups in total. The van der Waals surface area contributed by atoms with Gasteiger partial charge in [0.1, 0.15) is 0 Å². The van der Waals surface area contributed by atoms with Crippen LogP contribution in [-0.4, -0.2) is 11.7 Å².